The summed E-state index contributed by atoms with van der Waals surface area (Å²) < 4.78 is 43.3. The first-order valence-electron chi connectivity index (χ1n) is 9.14. The number of anilines is 1. The van der Waals surface area contributed by atoms with Crippen LogP contribution >= 0.6 is 0 Å². The van der Waals surface area contributed by atoms with E-state index < -0.39 is 17.9 Å². The molecule has 0 fully saturated rings. The number of halogens is 2. The van der Waals surface area contributed by atoms with Crippen molar-refractivity contribution >= 4 is 17.4 Å². The van der Waals surface area contributed by atoms with Gasteiger partial charge in [0.2, 0.25) is 0 Å². The Kier molecular flexibility index (Phi) is 6.91. The number of aliphatic imine (C=N–C) groups is 1. The molecule has 1 amide bonds. The summed E-state index contributed by atoms with van der Waals surface area (Å²) in [6.45, 7) is 0.481. The molecule has 1 aliphatic heterocycles. The second kappa shape index (κ2) is 9.59. The number of nitrogens with one attached hydrogen (secondary N) is 1. The minimum atomic E-state index is -2.84. The monoisotopic (exact) mass is 420 g/mol. The van der Waals surface area contributed by atoms with Gasteiger partial charge in [0.15, 0.2) is 5.54 Å². The number of alkyl halides is 2. The maximum Gasteiger partial charge on any atom is 0.274 e. The van der Waals surface area contributed by atoms with Gasteiger partial charge in [0.1, 0.15) is 30.5 Å². The van der Waals surface area contributed by atoms with Gasteiger partial charge in [-0.2, -0.15) is 0 Å². The van der Waals surface area contributed by atoms with Crippen molar-refractivity contribution in [2.75, 3.05) is 38.9 Å². The van der Waals surface area contributed by atoms with Gasteiger partial charge in [-0.25, -0.2) is 13.8 Å². The van der Waals surface area contributed by atoms with E-state index in [1.807, 2.05) is 0 Å². The van der Waals surface area contributed by atoms with E-state index in [2.05, 4.69) is 15.3 Å². The zero-order valence-electron chi connectivity index (χ0n) is 16.3. The molecular formula is C20H22F2N4O4. The van der Waals surface area contributed by atoms with Crippen LogP contribution in [0, 0.1) is 0 Å². The maximum absolute atomic E-state index is 13.9. The van der Waals surface area contributed by atoms with Crippen LogP contribution in [0.4, 0.5) is 14.5 Å². The zero-order chi connectivity index (χ0) is 21.6. The molecule has 1 aromatic carbocycles. The molecule has 2 heterocycles. The Bertz CT molecular complexity index is 908. The number of nitrogens with zero attached hydrogens (tertiary/aromatic N) is 2. The number of ether oxygens (including phenoxy) is 3. The highest BCUT2D eigenvalue weighted by Gasteiger charge is 2.44. The minimum Gasteiger partial charge on any atom is -0.490 e. The van der Waals surface area contributed by atoms with Crippen molar-refractivity contribution in [3.8, 4) is 5.75 Å². The summed E-state index contributed by atoms with van der Waals surface area (Å²) in [5.74, 6) is -0.00480. The van der Waals surface area contributed by atoms with Crippen LogP contribution in [0.1, 0.15) is 16.1 Å². The van der Waals surface area contributed by atoms with Crippen LogP contribution in [-0.2, 0) is 15.0 Å². The van der Waals surface area contributed by atoms with Crippen molar-refractivity contribution in [3.05, 3.63) is 53.9 Å². The zero-order valence-corrected chi connectivity index (χ0v) is 16.3. The summed E-state index contributed by atoms with van der Waals surface area (Å²) in [4.78, 5) is 20.5. The fourth-order valence-corrected chi connectivity index (χ4v) is 2.92. The van der Waals surface area contributed by atoms with Crippen LogP contribution in [0.25, 0.3) is 0 Å². The molecule has 1 unspecified atom stereocenters. The summed E-state index contributed by atoms with van der Waals surface area (Å²) in [5, 5.41) is 2.65. The molecule has 0 saturated heterocycles. The molecule has 2 aromatic rings. The van der Waals surface area contributed by atoms with Crippen molar-refractivity contribution in [2.24, 2.45) is 10.7 Å². The van der Waals surface area contributed by atoms with Crippen LogP contribution < -0.4 is 15.8 Å². The summed E-state index contributed by atoms with van der Waals surface area (Å²) in [6.07, 6.45) is -1.42. The number of aromatic nitrogens is 1. The number of carbonyl (C=O) groups excluding carboxylic acids is 1. The molecule has 8 nitrogen and oxygen atoms in total. The van der Waals surface area contributed by atoms with Gasteiger partial charge in [-0.3, -0.25) is 9.79 Å². The van der Waals surface area contributed by atoms with Gasteiger partial charge in [0.25, 0.3) is 12.3 Å². The third-order valence-electron chi connectivity index (χ3n) is 4.42. The third kappa shape index (κ3) is 4.89. The summed E-state index contributed by atoms with van der Waals surface area (Å²) >= 11 is 0. The van der Waals surface area contributed by atoms with Crippen molar-refractivity contribution in [1.29, 1.82) is 0 Å². The van der Waals surface area contributed by atoms with E-state index in [1.54, 1.807) is 25.3 Å². The van der Waals surface area contributed by atoms with Crippen LogP contribution in [0.3, 0.4) is 0 Å². The summed E-state index contributed by atoms with van der Waals surface area (Å²) in [6, 6.07) is 9.17. The van der Waals surface area contributed by atoms with Gasteiger partial charge in [0.05, 0.1) is 19.4 Å². The van der Waals surface area contributed by atoms with Crippen molar-refractivity contribution < 1.29 is 27.8 Å². The Morgan fingerprint density at radius 2 is 2.17 bits per heavy atom. The molecule has 3 rings (SSSR count). The lowest BCUT2D eigenvalue weighted by molar-refractivity contribution is -0.0129. The van der Waals surface area contributed by atoms with Gasteiger partial charge in [-0.05, 0) is 29.8 Å². The number of pyridine rings is 1. The van der Waals surface area contributed by atoms with E-state index in [1.165, 1.54) is 24.4 Å². The fraction of sp³-hybridized carbons (Fsp3) is 0.350. The Labute approximate surface area is 172 Å². The molecule has 10 heteroatoms. The highest BCUT2D eigenvalue weighted by molar-refractivity contribution is 6.02. The first-order valence-corrected chi connectivity index (χ1v) is 9.14. The van der Waals surface area contributed by atoms with Crippen LogP contribution in [-0.4, -0.2) is 56.7 Å². The number of hydrogen-bond acceptors (Lipinski definition) is 7. The number of amidine groups is 1. The van der Waals surface area contributed by atoms with E-state index in [4.69, 9.17) is 19.9 Å². The second-order valence-corrected chi connectivity index (χ2v) is 6.58. The molecule has 0 bridgehead atoms. The molecule has 0 radical (unpaired) electrons. The number of methoxy groups -OCH3 is 1. The Hall–Kier alpha value is -3.11. The third-order valence-corrected chi connectivity index (χ3v) is 4.42. The Morgan fingerprint density at radius 3 is 2.83 bits per heavy atom. The lowest BCUT2D eigenvalue weighted by Gasteiger charge is -2.33. The average molecular weight is 420 g/mol. The normalized spacial score (nSPS) is 18.7. The van der Waals surface area contributed by atoms with E-state index in [9.17, 15) is 13.6 Å². The molecule has 1 aliphatic rings. The van der Waals surface area contributed by atoms with E-state index in [0.29, 0.717) is 24.7 Å². The van der Waals surface area contributed by atoms with E-state index >= 15 is 0 Å². The summed E-state index contributed by atoms with van der Waals surface area (Å²) in [5.41, 5.74) is 4.36. The molecule has 160 valence electrons. The van der Waals surface area contributed by atoms with E-state index in [0.717, 1.165) is 0 Å². The van der Waals surface area contributed by atoms with Crippen LogP contribution in [0.2, 0.25) is 0 Å². The molecule has 1 aromatic heterocycles. The van der Waals surface area contributed by atoms with Crippen LogP contribution in [0.15, 0.2) is 47.6 Å². The summed E-state index contributed by atoms with van der Waals surface area (Å²) in [7, 11) is 1.57. The Morgan fingerprint density at radius 1 is 1.33 bits per heavy atom. The number of carbonyl (C=O) groups is 1. The van der Waals surface area contributed by atoms with Gasteiger partial charge >= 0.3 is 0 Å². The molecule has 0 spiro atoms. The van der Waals surface area contributed by atoms with Crippen molar-refractivity contribution in [2.45, 2.75) is 12.0 Å². The van der Waals surface area contributed by atoms with Gasteiger partial charge in [-0.15, -0.1) is 0 Å². The Balaban J connectivity index is 1.75. The fourth-order valence-electron chi connectivity index (χ4n) is 2.92. The number of amides is 1. The number of nitrogens with two attached hydrogens (primary N) is 1. The molecular weight excluding hydrogens is 398 g/mol. The first kappa shape index (κ1) is 21.6. The standard InChI is InChI=1S/C20H22F2N4O4/c1-28-7-8-30-15-5-6-16(24-10-15)18(27)25-14-4-2-3-13(9-14)20(19(21)22)12-29-11-17(23)26-20/h2-6,9-10,19H,7-8,11-12H2,1H3,(H2,23,26)(H,25,27). The second-order valence-electron chi connectivity index (χ2n) is 6.58. The molecule has 0 saturated carbocycles. The smallest absolute Gasteiger partial charge is 0.274 e. The lowest BCUT2D eigenvalue weighted by atomic mass is 9.90. The van der Waals surface area contributed by atoms with Gasteiger partial charge in [0, 0.05) is 12.8 Å². The quantitative estimate of drug-likeness (QED) is 0.634. The molecule has 1 atom stereocenters. The predicted octanol–water partition coefficient (Wildman–Crippen LogP) is 2.21. The molecule has 0 aliphatic carbocycles. The number of hydrogen-bond donors (Lipinski definition) is 2. The van der Waals surface area contributed by atoms with E-state index in [-0.39, 0.29) is 30.3 Å². The van der Waals surface area contributed by atoms with Crippen molar-refractivity contribution in [1.82, 2.24) is 4.98 Å². The van der Waals surface area contributed by atoms with Crippen molar-refractivity contribution in [3.63, 3.8) is 0 Å². The molecule has 3 N–H and O–H groups in total. The number of rotatable bonds is 8. The van der Waals surface area contributed by atoms with Gasteiger partial charge in [-0.1, -0.05) is 12.1 Å². The van der Waals surface area contributed by atoms with Gasteiger partial charge < -0.3 is 25.3 Å². The maximum atomic E-state index is 13.9. The predicted molar refractivity (Wildman–Crippen MR) is 106 cm³/mol. The first-order chi connectivity index (χ1) is 14.4. The number of benzene rings is 1. The topological polar surface area (TPSA) is 108 Å². The van der Waals surface area contributed by atoms with Crippen LogP contribution in [0.5, 0.6) is 5.75 Å². The SMILES string of the molecule is COCCOc1ccc(C(=O)Nc2cccc(C3(C(F)F)COCC(N)=N3)c2)nc1. The lowest BCUT2D eigenvalue weighted by Crippen LogP contribution is -2.44. The molecule has 30 heavy (non-hydrogen) atoms. The minimum absolute atomic E-state index is 0.00173. The highest BCUT2D eigenvalue weighted by atomic mass is 19.3. The largest absolute Gasteiger partial charge is 0.490 e. The highest BCUT2D eigenvalue weighted by Crippen LogP contribution is 2.36. The average Bonchev–Trinajstić information content (AvgIpc) is 2.74.